The van der Waals surface area contributed by atoms with Crippen molar-refractivity contribution in [1.29, 1.82) is 0 Å². The standard InChI is InChI=1S/C12H13BrF2N2O/c1-2-16-10-3-4-17(12(10)18)11-8(14)5-7(13)6-9(11)15/h5-6,10,16H,2-4H2,1H3. The number of hydrogen-bond donors (Lipinski definition) is 1. The first-order chi connectivity index (χ1) is 8.54. The molecule has 0 aromatic heterocycles. The lowest BCUT2D eigenvalue weighted by atomic mass is 10.2. The van der Waals surface area contributed by atoms with Crippen LogP contribution in [0, 0.1) is 11.6 Å². The molecule has 1 aromatic rings. The fourth-order valence-corrected chi connectivity index (χ4v) is 2.53. The lowest BCUT2D eigenvalue weighted by molar-refractivity contribution is -0.118. The molecule has 1 aromatic carbocycles. The molecule has 18 heavy (non-hydrogen) atoms. The summed E-state index contributed by atoms with van der Waals surface area (Å²) in [6.07, 6.45) is 0.557. The van der Waals surface area contributed by atoms with E-state index in [2.05, 4.69) is 21.2 Å². The molecule has 3 nitrogen and oxygen atoms in total. The van der Waals surface area contributed by atoms with Crippen LogP contribution in [0.3, 0.4) is 0 Å². The van der Waals surface area contributed by atoms with Gasteiger partial charge in [0, 0.05) is 11.0 Å². The van der Waals surface area contributed by atoms with Crippen LogP contribution in [0.15, 0.2) is 16.6 Å². The number of benzene rings is 1. The van der Waals surface area contributed by atoms with Crippen molar-refractivity contribution in [2.75, 3.05) is 18.0 Å². The van der Waals surface area contributed by atoms with Crippen molar-refractivity contribution < 1.29 is 13.6 Å². The second-order valence-electron chi connectivity index (χ2n) is 4.11. The molecule has 6 heteroatoms. The molecule has 1 amide bonds. The maximum Gasteiger partial charge on any atom is 0.244 e. The van der Waals surface area contributed by atoms with Gasteiger partial charge in [0.2, 0.25) is 5.91 Å². The van der Waals surface area contributed by atoms with Crippen molar-refractivity contribution in [3.63, 3.8) is 0 Å². The highest BCUT2D eigenvalue weighted by Crippen LogP contribution is 2.30. The molecule has 2 rings (SSSR count). The van der Waals surface area contributed by atoms with E-state index in [4.69, 9.17) is 0 Å². The van der Waals surface area contributed by atoms with Crippen molar-refractivity contribution in [2.24, 2.45) is 0 Å². The van der Waals surface area contributed by atoms with E-state index in [1.165, 1.54) is 4.90 Å². The van der Waals surface area contributed by atoms with Crippen LogP contribution in [0.1, 0.15) is 13.3 Å². The summed E-state index contributed by atoms with van der Waals surface area (Å²) < 4.78 is 27.8. The molecule has 1 unspecified atom stereocenters. The van der Waals surface area contributed by atoms with Crippen LogP contribution in [-0.4, -0.2) is 25.0 Å². The SMILES string of the molecule is CCNC1CCN(c2c(F)cc(Br)cc2F)C1=O. The van der Waals surface area contributed by atoms with E-state index in [1.54, 1.807) is 0 Å². The average molecular weight is 319 g/mol. The number of carbonyl (C=O) groups is 1. The highest BCUT2D eigenvalue weighted by Gasteiger charge is 2.34. The Kier molecular flexibility index (Phi) is 3.97. The molecule has 98 valence electrons. The number of hydrogen-bond acceptors (Lipinski definition) is 2. The summed E-state index contributed by atoms with van der Waals surface area (Å²) in [5.41, 5.74) is -0.261. The number of carbonyl (C=O) groups excluding carboxylic acids is 1. The van der Waals surface area contributed by atoms with Crippen molar-refractivity contribution in [3.05, 3.63) is 28.2 Å². The number of halogens is 3. The van der Waals surface area contributed by atoms with Crippen LogP contribution < -0.4 is 10.2 Å². The Morgan fingerprint density at radius 1 is 1.44 bits per heavy atom. The third-order valence-corrected chi connectivity index (χ3v) is 3.37. The number of anilines is 1. The van der Waals surface area contributed by atoms with E-state index in [9.17, 15) is 13.6 Å². The minimum absolute atomic E-state index is 0.261. The van der Waals surface area contributed by atoms with Gasteiger partial charge in [-0.25, -0.2) is 8.78 Å². The summed E-state index contributed by atoms with van der Waals surface area (Å²) in [4.78, 5) is 13.2. The first-order valence-electron chi connectivity index (χ1n) is 5.74. The summed E-state index contributed by atoms with van der Waals surface area (Å²) in [5, 5.41) is 3.00. The van der Waals surface area contributed by atoms with E-state index in [0.717, 1.165) is 12.1 Å². The van der Waals surface area contributed by atoms with Gasteiger partial charge in [0.05, 0.1) is 6.04 Å². The van der Waals surface area contributed by atoms with Gasteiger partial charge in [-0.15, -0.1) is 0 Å². The molecule has 1 atom stereocenters. The third-order valence-electron chi connectivity index (χ3n) is 2.91. The van der Waals surface area contributed by atoms with Gasteiger partial charge < -0.3 is 10.2 Å². The van der Waals surface area contributed by atoms with Gasteiger partial charge in [0.1, 0.15) is 5.69 Å². The largest absolute Gasteiger partial charge is 0.306 e. The summed E-state index contributed by atoms with van der Waals surface area (Å²) in [7, 11) is 0. The zero-order valence-electron chi connectivity index (χ0n) is 9.84. The third kappa shape index (κ3) is 2.40. The molecule has 1 N–H and O–H groups in total. The van der Waals surface area contributed by atoms with Crippen molar-refractivity contribution in [1.82, 2.24) is 5.32 Å². The van der Waals surface area contributed by atoms with E-state index in [1.807, 2.05) is 6.92 Å². The summed E-state index contributed by atoms with van der Waals surface area (Å²) in [5.74, 6) is -1.74. The fourth-order valence-electron chi connectivity index (χ4n) is 2.13. The Hall–Kier alpha value is -1.01. The maximum absolute atomic E-state index is 13.8. The number of amides is 1. The van der Waals surface area contributed by atoms with Gasteiger partial charge in [-0.3, -0.25) is 4.79 Å². The van der Waals surface area contributed by atoms with Gasteiger partial charge in [-0.05, 0) is 25.1 Å². The Balaban J connectivity index is 2.31. The van der Waals surface area contributed by atoms with Crippen LogP contribution in [0.2, 0.25) is 0 Å². The highest BCUT2D eigenvalue weighted by atomic mass is 79.9. The molecular weight excluding hydrogens is 306 g/mol. The van der Waals surface area contributed by atoms with Crippen molar-refractivity contribution >= 4 is 27.5 Å². The van der Waals surface area contributed by atoms with E-state index in [0.29, 0.717) is 24.0 Å². The van der Waals surface area contributed by atoms with E-state index >= 15 is 0 Å². The molecule has 0 saturated carbocycles. The number of likely N-dealkylation sites (N-methyl/N-ethyl adjacent to an activating group) is 1. The molecule has 1 aliphatic heterocycles. The topological polar surface area (TPSA) is 32.3 Å². The Morgan fingerprint density at radius 2 is 2.06 bits per heavy atom. The van der Waals surface area contributed by atoms with Crippen LogP contribution >= 0.6 is 15.9 Å². The first-order valence-corrected chi connectivity index (χ1v) is 6.53. The Bertz CT molecular complexity index is 458. The maximum atomic E-state index is 13.8. The molecule has 0 bridgehead atoms. The summed E-state index contributed by atoms with van der Waals surface area (Å²) in [6, 6.07) is 1.97. The molecule has 0 spiro atoms. The number of nitrogens with one attached hydrogen (secondary N) is 1. The lowest BCUT2D eigenvalue weighted by Crippen LogP contribution is -2.38. The second kappa shape index (κ2) is 5.32. The van der Waals surface area contributed by atoms with Gasteiger partial charge in [-0.1, -0.05) is 22.9 Å². The zero-order chi connectivity index (χ0) is 13.3. The molecule has 1 aliphatic rings. The van der Waals surface area contributed by atoms with E-state index in [-0.39, 0.29) is 17.6 Å². The average Bonchev–Trinajstić information content (AvgIpc) is 2.61. The van der Waals surface area contributed by atoms with Crippen LogP contribution in [0.4, 0.5) is 14.5 Å². The molecular formula is C12H13BrF2N2O. The Labute approximate surface area is 112 Å². The molecule has 1 fully saturated rings. The molecule has 0 aliphatic carbocycles. The highest BCUT2D eigenvalue weighted by molar-refractivity contribution is 9.10. The summed E-state index contributed by atoms with van der Waals surface area (Å²) in [6.45, 7) is 2.86. The molecule has 1 saturated heterocycles. The monoisotopic (exact) mass is 318 g/mol. The summed E-state index contributed by atoms with van der Waals surface area (Å²) >= 11 is 3.01. The number of rotatable bonds is 3. The van der Waals surface area contributed by atoms with Crippen LogP contribution in [0.25, 0.3) is 0 Å². The van der Waals surface area contributed by atoms with Crippen LogP contribution in [-0.2, 0) is 4.79 Å². The van der Waals surface area contributed by atoms with Crippen molar-refractivity contribution in [3.8, 4) is 0 Å². The number of nitrogens with zero attached hydrogens (tertiary/aromatic N) is 1. The van der Waals surface area contributed by atoms with Gasteiger partial charge in [-0.2, -0.15) is 0 Å². The van der Waals surface area contributed by atoms with Gasteiger partial charge >= 0.3 is 0 Å². The minimum Gasteiger partial charge on any atom is -0.306 e. The molecule has 0 radical (unpaired) electrons. The predicted octanol–water partition coefficient (Wildman–Crippen LogP) is 2.44. The van der Waals surface area contributed by atoms with Crippen molar-refractivity contribution in [2.45, 2.75) is 19.4 Å². The van der Waals surface area contributed by atoms with Gasteiger partial charge in [0.15, 0.2) is 11.6 Å². The normalized spacial score (nSPS) is 19.7. The minimum atomic E-state index is -0.729. The Morgan fingerprint density at radius 3 is 2.61 bits per heavy atom. The zero-order valence-corrected chi connectivity index (χ0v) is 11.4. The molecule has 1 heterocycles. The van der Waals surface area contributed by atoms with Crippen LogP contribution in [0.5, 0.6) is 0 Å². The lowest BCUT2D eigenvalue weighted by Gasteiger charge is -2.18. The predicted molar refractivity (Wildman–Crippen MR) is 68.5 cm³/mol. The fraction of sp³-hybridized carbons (Fsp3) is 0.417. The van der Waals surface area contributed by atoms with Gasteiger partial charge in [0.25, 0.3) is 0 Å². The smallest absolute Gasteiger partial charge is 0.244 e. The quantitative estimate of drug-likeness (QED) is 0.928. The first kappa shape index (κ1) is 13.4. The van der Waals surface area contributed by atoms with E-state index < -0.39 is 11.6 Å². The second-order valence-corrected chi connectivity index (χ2v) is 5.02.